The molecule has 0 spiro atoms. The molecule has 2 amide bonds. The Morgan fingerprint density at radius 1 is 1.35 bits per heavy atom. The summed E-state index contributed by atoms with van der Waals surface area (Å²) < 4.78 is 0.502. The Hall–Kier alpha value is -2.19. The topological polar surface area (TPSA) is 86.7 Å². The number of rotatable bonds is 6. The molecule has 1 aromatic rings. The van der Waals surface area contributed by atoms with Crippen molar-refractivity contribution in [1.82, 2.24) is 10.2 Å². The number of carboxylic acids is 1. The first-order valence-corrected chi connectivity index (χ1v) is 9.32. The standard InChI is InChI=1S/C18H20N2O4S2/c1-4-10(2)14(17(23)24)19-15(21)12-7-5-11(6-8-12)9-13-16(22)20(3)18(25)26-13/h5-10,14H,4H2,1-3H3,(H,19,21)(H,23,24)/b13-9-. The second kappa shape index (κ2) is 8.46. The molecule has 0 bridgehead atoms. The van der Waals surface area contributed by atoms with Crippen molar-refractivity contribution >= 4 is 52.2 Å². The molecule has 2 rings (SSSR count). The summed E-state index contributed by atoms with van der Waals surface area (Å²) in [4.78, 5) is 37.6. The molecule has 2 unspecified atom stereocenters. The lowest BCUT2D eigenvalue weighted by molar-refractivity contribution is -0.140. The summed E-state index contributed by atoms with van der Waals surface area (Å²) >= 11 is 6.31. The number of carbonyl (C=O) groups excluding carboxylic acids is 2. The molecular weight excluding hydrogens is 372 g/mol. The Labute approximate surface area is 161 Å². The van der Waals surface area contributed by atoms with Crippen LogP contribution in [0.15, 0.2) is 29.2 Å². The van der Waals surface area contributed by atoms with Crippen molar-refractivity contribution in [3.05, 3.63) is 40.3 Å². The van der Waals surface area contributed by atoms with Gasteiger partial charge in [0.2, 0.25) is 0 Å². The zero-order valence-electron chi connectivity index (χ0n) is 14.7. The van der Waals surface area contributed by atoms with Gasteiger partial charge in [0.25, 0.3) is 11.8 Å². The van der Waals surface area contributed by atoms with Gasteiger partial charge in [0.05, 0.1) is 4.91 Å². The van der Waals surface area contributed by atoms with Gasteiger partial charge in [0, 0.05) is 12.6 Å². The van der Waals surface area contributed by atoms with Gasteiger partial charge >= 0.3 is 5.97 Å². The predicted molar refractivity (Wildman–Crippen MR) is 106 cm³/mol. The van der Waals surface area contributed by atoms with Crippen molar-refractivity contribution < 1.29 is 19.5 Å². The monoisotopic (exact) mass is 392 g/mol. The van der Waals surface area contributed by atoms with Crippen LogP contribution in [0.3, 0.4) is 0 Å². The first-order chi connectivity index (χ1) is 12.2. The van der Waals surface area contributed by atoms with Crippen molar-refractivity contribution in [2.45, 2.75) is 26.3 Å². The molecule has 138 valence electrons. The second-order valence-corrected chi connectivity index (χ2v) is 7.71. The molecule has 0 radical (unpaired) electrons. The Kier molecular flexibility index (Phi) is 6.55. The number of benzene rings is 1. The summed E-state index contributed by atoms with van der Waals surface area (Å²) in [6, 6.07) is 5.68. The third-order valence-corrected chi connectivity index (χ3v) is 5.71. The van der Waals surface area contributed by atoms with Crippen LogP contribution >= 0.6 is 24.0 Å². The average molecular weight is 393 g/mol. The third-order valence-electron chi connectivity index (χ3n) is 4.22. The van der Waals surface area contributed by atoms with E-state index in [0.717, 1.165) is 5.56 Å². The van der Waals surface area contributed by atoms with Gasteiger partial charge in [-0.25, -0.2) is 4.79 Å². The van der Waals surface area contributed by atoms with Crippen LogP contribution in [0.1, 0.15) is 36.2 Å². The first kappa shape index (κ1) is 20.1. The van der Waals surface area contributed by atoms with Crippen LogP contribution in [-0.4, -0.2) is 45.2 Å². The van der Waals surface area contributed by atoms with E-state index in [1.54, 1.807) is 44.3 Å². The van der Waals surface area contributed by atoms with E-state index in [-0.39, 0.29) is 11.8 Å². The number of amides is 2. The number of aliphatic carboxylic acids is 1. The van der Waals surface area contributed by atoms with Crippen LogP contribution in [0.4, 0.5) is 0 Å². The van der Waals surface area contributed by atoms with E-state index in [4.69, 9.17) is 12.2 Å². The highest BCUT2D eigenvalue weighted by atomic mass is 32.2. The minimum Gasteiger partial charge on any atom is -0.480 e. The zero-order valence-corrected chi connectivity index (χ0v) is 16.3. The lowest BCUT2D eigenvalue weighted by atomic mass is 9.99. The number of carboxylic acid groups (broad SMARTS) is 1. The van der Waals surface area contributed by atoms with E-state index in [2.05, 4.69) is 5.32 Å². The summed E-state index contributed by atoms with van der Waals surface area (Å²) in [7, 11) is 1.63. The number of likely N-dealkylation sites (N-methyl/N-ethyl adjacent to an activating group) is 1. The van der Waals surface area contributed by atoms with Crippen LogP contribution in [0.5, 0.6) is 0 Å². The number of hydrogen-bond donors (Lipinski definition) is 2. The molecule has 1 saturated heterocycles. The van der Waals surface area contributed by atoms with E-state index in [0.29, 0.717) is 21.2 Å². The molecule has 1 aliphatic rings. The normalized spacial score (nSPS) is 18.1. The Bertz CT molecular complexity index is 774. The van der Waals surface area contributed by atoms with Crippen LogP contribution in [0.25, 0.3) is 6.08 Å². The average Bonchev–Trinajstić information content (AvgIpc) is 2.86. The molecular formula is C18H20N2O4S2. The number of thioether (sulfide) groups is 1. The number of hydrogen-bond acceptors (Lipinski definition) is 5. The quantitative estimate of drug-likeness (QED) is 0.572. The maximum absolute atomic E-state index is 12.3. The van der Waals surface area contributed by atoms with Crippen molar-refractivity contribution in [1.29, 1.82) is 0 Å². The van der Waals surface area contributed by atoms with E-state index >= 15 is 0 Å². The maximum Gasteiger partial charge on any atom is 0.326 e. The lowest BCUT2D eigenvalue weighted by Crippen LogP contribution is -2.45. The molecule has 1 fully saturated rings. The van der Waals surface area contributed by atoms with Crippen molar-refractivity contribution in [3.8, 4) is 0 Å². The SMILES string of the molecule is CCC(C)C(NC(=O)c1ccc(/C=C2\SC(=S)N(C)C2=O)cc1)C(=O)O. The number of nitrogens with zero attached hydrogens (tertiary/aromatic N) is 1. The molecule has 2 N–H and O–H groups in total. The molecule has 6 nitrogen and oxygen atoms in total. The fourth-order valence-corrected chi connectivity index (χ4v) is 3.51. The molecule has 0 aromatic heterocycles. The van der Waals surface area contributed by atoms with Gasteiger partial charge in [0.15, 0.2) is 0 Å². The summed E-state index contributed by atoms with van der Waals surface area (Å²) in [6.07, 6.45) is 2.36. The Morgan fingerprint density at radius 3 is 2.42 bits per heavy atom. The maximum atomic E-state index is 12.3. The molecule has 26 heavy (non-hydrogen) atoms. The highest BCUT2D eigenvalue weighted by Crippen LogP contribution is 2.31. The van der Waals surface area contributed by atoms with Gasteiger partial charge in [-0.1, -0.05) is 56.4 Å². The zero-order chi connectivity index (χ0) is 19.4. The molecule has 1 aromatic carbocycles. The molecule has 8 heteroatoms. The van der Waals surface area contributed by atoms with E-state index in [1.807, 2.05) is 6.92 Å². The summed E-state index contributed by atoms with van der Waals surface area (Å²) in [5.41, 5.74) is 1.12. The minimum atomic E-state index is -1.05. The number of nitrogens with one attached hydrogen (secondary N) is 1. The third kappa shape index (κ3) is 4.50. The summed E-state index contributed by atoms with van der Waals surface area (Å²) in [5, 5.41) is 11.8. The van der Waals surface area contributed by atoms with E-state index in [9.17, 15) is 19.5 Å². The Morgan fingerprint density at radius 2 is 1.96 bits per heavy atom. The summed E-state index contributed by atoms with van der Waals surface area (Å²) in [6.45, 7) is 3.66. The highest BCUT2D eigenvalue weighted by molar-refractivity contribution is 8.26. The van der Waals surface area contributed by atoms with Gasteiger partial charge in [-0.3, -0.25) is 14.5 Å². The van der Waals surface area contributed by atoms with Gasteiger partial charge in [0.1, 0.15) is 10.4 Å². The fourth-order valence-electron chi connectivity index (χ4n) is 2.34. The fraction of sp³-hybridized carbons (Fsp3) is 0.333. The van der Waals surface area contributed by atoms with Gasteiger partial charge < -0.3 is 10.4 Å². The van der Waals surface area contributed by atoms with Gasteiger partial charge in [-0.2, -0.15) is 0 Å². The lowest BCUT2D eigenvalue weighted by Gasteiger charge is -2.20. The predicted octanol–water partition coefficient (Wildman–Crippen LogP) is 2.75. The summed E-state index contributed by atoms with van der Waals surface area (Å²) in [5.74, 6) is -1.82. The van der Waals surface area contributed by atoms with Crippen LogP contribution < -0.4 is 5.32 Å². The second-order valence-electron chi connectivity index (χ2n) is 6.04. The van der Waals surface area contributed by atoms with Crippen LogP contribution in [0, 0.1) is 5.92 Å². The molecule has 1 heterocycles. The van der Waals surface area contributed by atoms with Gasteiger partial charge in [-0.05, 0) is 29.7 Å². The largest absolute Gasteiger partial charge is 0.480 e. The molecule has 1 aliphatic heterocycles. The van der Waals surface area contributed by atoms with E-state index < -0.39 is 17.9 Å². The molecule has 0 saturated carbocycles. The van der Waals surface area contributed by atoms with Crippen molar-refractivity contribution in [2.75, 3.05) is 7.05 Å². The highest BCUT2D eigenvalue weighted by Gasteiger charge is 2.29. The van der Waals surface area contributed by atoms with E-state index in [1.165, 1.54) is 16.7 Å². The van der Waals surface area contributed by atoms with Crippen molar-refractivity contribution in [2.24, 2.45) is 5.92 Å². The van der Waals surface area contributed by atoms with Crippen molar-refractivity contribution in [3.63, 3.8) is 0 Å². The molecule has 2 atom stereocenters. The van der Waals surface area contributed by atoms with Gasteiger partial charge in [-0.15, -0.1) is 0 Å². The molecule has 0 aliphatic carbocycles. The minimum absolute atomic E-state index is 0.153. The smallest absolute Gasteiger partial charge is 0.326 e. The first-order valence-electron chi connectivity index (χ1n) is 8.09. The number of thiocarbonyl (C=S) groups is 1. The van der Waals surface area contributed by atoms with Crippen LogP contribution in [0.2, 0.25) is 0 Å². The number of carbonyl (C=O) groups is 3. The van der Waals surface area contributed by atoms with Crippen LogP contribution in [-0.2, 0) is 9.59 Å². The Balaban J connectivity index is 2.12.